The van der Waals surface area contributed by atoms with Crippen molar-refractivity contribution in [2.75, 3.05) is 30.8 Å². The number of benzene rings is 1. The molecular formula is C13H20N2O4S. The number of anilines is 1. The fourth-order valence-electron chi connectivity index (χ4n) is 1.88. The molecule has 112 valence electrons. The van der Waals surface area contributed by atoms with E-state index in [1.165, 1.54) is 11.4 Å². The first kappa shape index (κ1) is 16.3. The fourth-order valence-corrected chi connectivity index (χ4v) is 2.87. The van der Waals surface area contributed by atoms with Gasteiger partial charge in [0.15, 0.2) is 0 Å². The Kier molecular flexibility index (Phi) is 5.38. The number of aryl methyl sites for hydroxylation is 2. The molecule has 0 aromatic heterocycles. The first-order chi connectivity index (χ1) is 9.25. The van der Waals surface area contributed by atoms with E-state index in [9.17, 15) is 13.2 Å². The Bertz CT molecular complexity index is 584. The van der Waals surface area contributed by atoms with Crippen LogP contribution in [0.25, 0.3) is 0 Å². The number of hydrogen-bond acceptors (Lipinski definition) is 4. The molecule has 0 saturated carbocycles. The highest BCUT2D eigenvalue weighted by Crippen LogP contribution is 2.23. The van der Waals surface area contributed by atoms with E-state index < -0.39 is 16.1 Å². The van der Waals surface area contributed by atoms with Crippen molar-refractivity contribution in [1.82, 2.24) is 5.32 Å². The normalized spacial score (nSPS) is 11.0. The van der Waals surface area contributed by atoms with Crippen molar-refractivity contribution in [2.45, 2.75) is 13.8 Å². The summed E-state index contributed by atoms with van der Waals surface area (Å²) in [5.74, 6) is 0. The number of carbonyl (C=O) groups is 1. The van der Waals surface area contributed by atoms with Crippen LogP contribution < -0.4 is 9.62 Å². The van der Waals surface area contributed by atoms with Gasteiger partial charge in [0.1, 0.15) is 0 Å². The van der Waals surface area contributed by atoms with E-state index in [1.807, 2.05) is 26.0 Å². The predicted octanol–water partition coefficient (Wildman–Crippen LogP) is 1.43. The van der Waals surface area contributed by atoms with Crippen molar-refractivity contribution in [2.24, 2.45) is 0 Å². The van der Waals surface area contributed by atoms with Crippen molar-refractivity contribution in [3.05, 3.63) is 29.3 Å². The van der Waals surface area contributed by atoms with Gasteiger partial charge in [0.05, 0.1) is 25.6 Å². The topological polar surface area (TPSA) is 75.7 Å². The standard InChI is InChI=1S/C13H20N2O4S/c1-10-5-6-12(11(2)9-10)15(20(4,17)18)8-7-14-13(16)19-3/h5-6,9H,7-8H2,1-4H3,(H,14,16). The minimum absolute atomic E-state index is 0.151. The Morgan fingerprint density at radius 2 is 2.00 bits per heavy atom. The number of hydrogen-bond donors (Lipinski definition) is 1. The molecule has 6 nitrogen and oxygen atoms in total. The minimum Gasteiger partial charge on any atom is -0.453 e. The van der Waals surface area contributed by atoms with Gasteiger partial charge in [-0.1, -0.05) is 17.7 Å². The largest absolute Gasteiger partial charge is 0.453 e. The van der Waals surface area contributed by atoms with Gasteiger partial charge >= 0.3 is 6.09 Å². The summed E-state index contributed by atoms with van der Waals surface area (Å²) in [6.45, 7) is 4.12. The predicted molar refractivity (Wildman–Crippen MR) is 78.5 cm³/mol. The summed E-state index contributed by atoms with van der Waals surface area (Å²) in [6.07, 6.45) is 0.559. The van der Waals surface area contributed by atoms with E-state index >= 15 is 0 Å². The molecule has 1 N–H and O–H groups in total. The van der Waals surface area contributed by atoms with E-state index in [-0.39, 0.29) is 13.1 Å². The van der Waals surface area contributed by atoms with Crippen LogP contribution in [0.1, 0.15) is 11.1 Å². The third-order valence-corrected chi connectivity index (χ3v) is 3.97. The lowest BCUT2D eigenvalue weighted by atomic mass is 10.1. The van der Waals surface area contributed by atoms with Crippen molar-refractivity contribution < 1.29 is 17.9 Å². The molecule has 0 aliphatic heterocycles. The van der Waals surface area contributed by atoms with Crippen LogP contribution in [-0.2, 0) is 14.8 Å². The van der Waals surface area contributed by atoms with Crippen LogP contribution in [0.4, 0.5) is 10.5 Å². The fraction of sp³-hybridized carbons (Fsp3) is 0.462. The Morgan fingerprint density at radius 1 is 1.35 bits per heavy atom. The van der Waals surface area contributed by atoms with Gasteiger partial charge in [0, 0.05) is 6.54 Å². The second-order valence-electron chi connectivity index (χ2n) is 4.54. The van der Waals surface area contributed by atoms with E-state index in [4.69, 9.17) is 0 Å². The van der Waals surface area contributed by atoms with E-state index in [2.05, 4.69) is 10.1 Å². The summed E-state index contributed by atoms with van der Waals surface area (Å²) in [6, 6.07) is 5.54. The molecule has 0 unspecified atom stereocenters. The van der Waals surface area contributed by atoms with Crippen molar-refractivity contribution in [3.63, 3.8) is 0 Å². The Morgan fingerprint density at radius 3 is 2.50 bits per heavy atom. The number of methoxy groups -OCH3 is 1. The molecule has 0 aliphatic carbocycles. The highest BCUT2D eigenvalue weighted by molar-refractivity contribution is 7.92. The summed E-state index contributed by atoms with van der Waals surface area (Å²) in [5, 5.41) is 2.47. The summed E-state index contributed by atoms with van der Waals surface area (Å²) >= 11 is 0. The number of nitrogens with one attached hydrogen (secondary N) is 1. The molecule has 1 rings (SSSR count). The Balaban J connectivity index is 2.93. The number of ether oxygens (including phenoxy) is 1. The number of alkyl carbamates (subject to hydrolysis) is 1. The van der Waals surface area contributed by atoms with Crippen LogP contribution in [-0.4, -0.2) is 41.0 Å². The average Bonchev–Trinajstić information content (AvgIpc) is 2.34. The molecule has 0 atom stereocenters. The maximum atomic E-state index is 11.9. The summed E-state index contributed by atoms with van der Waals surface area (Å²) in [5.41, 5.74) is 2.55. The summed E-state index contributed by atoms with van der Waals surface area (Å²) < 4.78 is 29.5. The van der Waals surface area contributed by atoms with Crippen LogP contribution in [0, 0.1) is 13.8 Å². The molecule has 0 fully saturated rings. The third-order valence-electron chi connectivity index (χ3n) is 2.79. The average molecular weight is 300 g/mol. The highest BCUT2D eigenvalue weighted by Gasteiger charge is 2.19. The maximum Gasteiger partial charge on any atom is 0.406 e. The van der Waals surface area contributed by atoms with Gasteiger partial charge in [-0.15, -0.1) is 0 Å². The molecule has 0 radical (unpaired) electrons. The van der Waals surface area contributed by atoms with Gasteiger partial charge in [-0.05, 0) is 25.5 Å². The molecule has 0 bridgehead atoms. The minimum atomic E-state index is -3.42. The zero-order valence-electron chi connectivity index (χ0n) is 12.1. The second-order valence-corrected chi connectivity index (χ2v) is 6.45. The van der Waals surface area contributed by atoms with Crippen LogP contribution in [0.2, 0.25) is 0 Å². The zero-order chi connectivity index (χ0) is 15.3. The molecule has 0 aliphatic rings. The van der Waals surface area contributed by atoms with Crippen LogP contribution in [0.15, 0.2) is 18.2 Å². The Hall–Kier alpha value is -1.76. The molecule has 1 amide bonds. The van der Waals surface area contributed by atoms with E-state index in [0.29, 0.717) is 5.69 Å². The second kappa shape index (κ2) is 6.60. The van der Waals surface area contributed by atoms with Crippen molar-refractivity contribution in [1.29, 1.82) is 0 Å². The first-order valence-corrected chi connectivity index (χ1v) is 7.97. The van der Waals surface area contributed by atoms with Gasteiger partial charge < -0.3 is 10.1 Å². The lowest BCUT2D eigenvalue weighted by Gasteiger charge is -2.24. The van der Waals surface area contributed by atoms with Gasteiger partial charge in [-0.3, -0.25) is 4.31 Å². The van der Waals surface area contributed by atoms with Gasteiger partial charge in [-0.2, -0.15) is 0 Å². The lowest BCUT2D eigenvalue weighted by Crippen LogP contribution is -2.38. The van der Waals surface area contributed by atoms with Crippen LogP contribution in [0.3, 0.4) is 0 Å². The zero-order valence-corrected chi connectivity index (χ0v) is 13.0. The monoisotopic (exact) mass is 300 g/mol. The molecule has 0 spiro atoms. The van der Waals surface area contributed by atoms with E-state index in [1.54, 1.807) is 6.07 Å². The first-order valence-electron chi connectivity index (χ1n) is 6.12. The molecule has 1 aromatic carbocycles. The molecule has 20 heavy (non-hydrogen) atoms. The number of rotatable bonds is 5. The van der Waals surface area contributed by atoms with Crippen LogP contribution >= 0.6 is 0 Å². The SMILES string of the molecule is COC(=O)NCCN(c1ccc(C)cc1C)S(C)(=O)=O. The molecular weight excluding hydrogens is 280 g/mol. The number of carbonyl (C=O) groups excluding carboxylic acids is 1. The third kappa shape index (κ3) is 4.41. The maximum absolute atomic E-state index is 11.9. The van der Waals surface area contributed by atoms with Crippen molar-refractivity contribution >= 4 is 21.8 Å². The highest BCUT2D eigenvalue weighted by atomic mass is 32.2. The van der Waals surface area contributed by atoms with Gasteiger partial charge in [-0.25, -0.2) is 13.2 Å². The molecule has 7 heteroatoms. The molecule has 1 aromatic rings. The lowest BCUT2D eigenvalue weighted by molar-refractivity contribution is 0.171. The quantitative estimate of drug-likeness (QED) is 0.892. The summed E-state index contributed by atoms with van der Waals surface area (Å²) in [7, 11) is -2.16. The molecule has 0 saturated heterocycles. The number of amides is 1. The summed E-state index contributed by atoms with van der Waals surface area (Å²) in [4.78, 5) is 11.0. The van der Waals surface area contributed by atoms with Gasteiger partial charge in [0.25, 0.3) is 0 Å². The number of sulfonamides is 1. The van der Waals surface area contributed by atoms with Crippen molar-refractivity contribution in [3.8, 4) is 0 Å². The van der Waals surface area contributed by atoms with Gasteiger partial charge in [0.2, 0.25) is 10.0 Å². The molecule has 0 heterocycles. The smallest absolute Gasteiger partial charge is 0.406 e. The van der Waals surface area contributed by atoms with E-state index in [0.717, 1.165) is 17.4 Å². The van der Waals surface area contributed by atoms with Crippen LogP contribution in [0.5, 0.6) is 0 Å². The number of nitrogens with zero attached hydrogens (tertiary/aromatic N) is 1. The Labute approximate surface area is 119 Å².